The monoisotopic (exact) mass is 730 g/mol. The number of carbonyl (C=O) groups is 3. The molecule has 236 valence electrons. The normalized spacial score (nSPS) is 11.6. The molecule has 0 unspecified atom stereocenters. The third-order valence-corrected chi connectivity index (χ3v) is 29.1. The SMILES string of the molecule is CC(C)CCCCCOC(=O)C[S][Sb]([S]CC(=O)OCCCCCC(C)C)[S]CC(=O)OCCCCCC(C)C. The van der Waals surface area contributed by atoms with Gasteiger partial charge >= 0.3 is 262 Å². The summed E-state index contributed by atoms with van der Waals surface area (Å²) in [6.07, 6.45) is 13.0. The van der Waals surface area contributed by atoms with Crippen LogP contribution in [-0.4, -0.2) is 71.0 Å². The van der Waals surface area contributed by atoms with Gasteiger partial charge in [-0.2, -0.15) is 0 Å². The molecule has 0 aliphatic heterocycles. The molecule has 0 saturated heterocycles. The number of hydrogen-bond donors (Lipinski definition) is 0. The van der Waals surface area contributed by atoms with Crippen molar-refractivity contribution in [2.75, 3.05) is 37.1 Å². The van der Waals surface area contributed by atoms with Gasteiger partial charge in [0.05, 0.1) is 0 Å². The van der Waals surface area contributed by atoms with E-state index in [-0.39, 0.29) is 35.2 Å². The molecule has 6 nitrogen and oxygen atoms in total. The Morgan fingerprint density at radius 1 is 0.475 bits per heavy atom. The fourth-order valence-electron chi connectivity index (χ4n) is 3.61. The second-order valence-corrected chi connectivity index (χ2v) is 33.0. The third-order valence-electron chi connectivity index (χ3n) is 5.93. The molecule has 0 radical (unpaired) electrons. The van der Waals surface area contributed by atoms with Gasteiger partial charge in [0.25, 0.3) is 0 Å². The van der Waals surface area contributed by atoms with Gasteiger partial charge in [0.2, 0.25) is 0 Å². The van der Waals surface area contributed by atoms with Crippen molar-refractivity contribution in [2.45, 2.75) is 119 Å². The van der Waals surface area contributed by atoms with Crippen LogP contribution in [0.5, 0.6) is 0 Å². The van der Waals surface area contributed by atoms with Crippen molar-refractivity contribution < 1.29 is 28.6 Å². The maximum atomic E-state index is 12.3. The summed E-state index contributed by atoms with van der Waals surface area (Å²) in [5.74, 6) is 2.29. The van der Waals surface area contributed by atoms with Gasteiger partial charge in [0.1, 0.15) is 0 Å². The van der Waals surface area contributed by atoms with E-state index in [0.717, 1.165) is 57.8 Å². The van der Waals surface area contributed by atoms with E-state index in [0.29, 0.717) is 37.6 Å². The summed E-state index contributed by atoms with van der Waals surface area (Å²) in [6.45, 7) is 14.7. The van der Waals surface area contributed by atoms with E-state index in [1.807, 2.05) is 0 Å². The summed E-state index contributed by atoms with van der Waals surface area (Å²) >= 11 is -2.25. The minimum absolute atomic E-state index is 0.211. The molecule has 0 amide bonds. The van der Waals surface area contributed by atoms with Crippen molar-refractivity contribution >= 4 is 60.5 Å². The van der Waals surface area contributed by atoms with Crippen LogP contribution in [0.15, 0.2) is 0 Å². The summed E-state index contributed by atoms with van der Waals surface area (Å²) in [5, 5.41) is 0. The Hall–Kier alpha value is 0.278. The average molecular weight is 732 g/mol. The van der Waals surface area contributed by atoms with Gasteiger partial charge in [0.15, 0.2) is 0 Å². The maximum absolute atomic E-state index is 12.3. The van der Waals surface area contributed by atoms with Gasteiger partial charge in [-0.1, -0.05) is 0 Å². The molecule has 0 aliphatic carbocycles. The molecule has 10 heteroatoms. The first-order valence-electron chi connectivity index (χ1n) is 15.3. The van der Waals surface area contributed by atoms with E-state index in [9.17, 15) is 14.4 Å². The van der Waals surface area contributed by atoms with Crippen molar-refractivity contribution in [1.29, 1.82) is 0 Å². The molecule has 40 heavy (non-hydrogen) atoms. The number of ether oxygens (including phenoxy) is 3. The van der Waals surface area contributed by atoms with Gasteiger partial charge in [-0.05, 0) is 0 Å². The van der Waals surface area contributed by atoms with Crippen molar-refractivity contribution in [2.24, 2.45) is 17.8 Å². The molecule has 0 aromatic rings. The van der Waals surface area contributed by atoms with Crippen LogP contribution in [0, 0.1) is 17.8 Å². The van der Waals surface area contributed by atoms with E-state index in [2.05, 4.69) is 41.5 Å². The van der Waals surface area contributed by atoms with Crippen LogP contribution in [0.3, 0.4) is 0 Å². The fraction of sp³-hybridized carbons (Fsp3) is 0.900. The van der Waals surface area contributed by atoms with Gasteiger partial charge in [0, 0.05) is 0 Å². The predicted molar refractivity (Wildman–Crippen MR) is 176 cm³/mol. The summed E-state index contributed by atoms with van der Waals surface area (Å²) in [6, 6.07) is 0. The van der Waals surface area contributed by atoms with E-state index >= 15 is 0 Å². The van der Waals surface area contributed by atoms with Crippen molar-refractivity contribution in [3.8, 4) is 0 Å². The summed E-state index contributed by atoms with van der Waals surface area (Å²) in [5.41, 5.74) is 0. The molecule has 0 fully saturated rings. The van der Waals surface area contributed by atoms with Crippen LogP contribution in [0.1, 0.15) is 119 Å². The van der Waals surface area contributed by atoms with Gasteiger partial charge in [-0.15, -0.1) is 0 Å². The number of rotatable bonds is 27. The van der Waals surface area contributed by atoms with Crippen molar-refractivity contribution in [3.63, 3.8) is 0 Å². The second kappa shape index (κ2) is 28.1. The quantitative estimate of drug-likeness (QED) is 0.0358. The van der Waals surface area contributed by atoms with Crippen LogP contribution in [0.2, 0.25) is 0 Å². The van der Waals surface area contributed by atoms with Crippen LogP contribution >= 0.6 is 26.5 Å². The Kier molecular flexibility index (Phi) is 28.3. The zero-order chi connectivity index (χ0) is 30.0. The Labute approximate surface area is 260 Å². The molecule has 0 spiro atoms. The minimum atomic E-state index is -2.25. The molecular formula is C30H57O6S3Sb. The first-order chi connectivity index (χ1) is 19.1. The summed E-state index contributed by atoms with van der Waals surface area (Å²) in [7, 11) is 4.74. The van der Waals surface area contributed by atoms with Crippen LogP contribution in [-0.2, 0) is 28.6 Å². The number of esters is 3. The van der Waals surface area contributed by atoms with Gasteiger partial charge < -0.3 is 0 Å². The van der Waals surface area contributed by atoms with E-state index < -0.39 is 16.0 Å². The zero-order valence-electron chi connectivity index (χ0n) is 26.1. The zero-order valence-corrected chi connectivity index (χ0v) is 31.1. The Bertz CT molecular complexity index is 563. The molecule has 0 N–H and O–H groups in total. The Morgan fingerprint density at radius 2 is 0.750 bits per heavy atom. The van der Waals surface area contributed by atoms with Crippen LogP contribution in [0.25, 0.3) is 0 Å². The average Bonchev–Trinajstić information content (AvgIpc) is 2.89. The Morgan fingerprint density at radius 3 is 1.00 bits per heavy atom. The standard InChI is InChI=1S/3C10H20O2S.Sb/c3*1-9(2)6-4-3-5-7-12-10(11)8-13;/h3*9,13H,3-8H2,1-2H3;/q;;;+3/p-3. The molecule has 0 atom stereocenters. The Balaban J connectivity index is 4.40. The van der Waals surface area contributed by atoms with Gasteiger partial charge in [-0.25, -0.2) is 0 Å². The summed E-state index contributed by atoms with van der Waals surface area (Å²) < 4.78 is 16.3. The first-order valence-corrected chi connectivity index (χ1v) is 27.5. The molecular weight excluding hydrogens is 674 g/mol. The van der Waals surface area contributed by atoms with E-state index in [1.54, 1.807) is 26.5 Å². The molecule has 0 heterocycles. The molecule has 0 aliphatic rings. The first kappa shape index (κ1) is 40.3. The molecule has 0 rings (SSSR count). The van der Waals surface area contributed by atoms with Gasteiger partial charge in [-0.3, -0.25) is 0 Å². The van der Waals surface area contributed by atoms with Crippen LogP contribution < -0.4 is 0 Å². The number of hydrogen-bond acceptors (Lipinski definition) is 9. The summed E-state index contributed by atoms with van der Waals surface area (Å²) in [4.78, 5) is 36.9. The number of carbonyl (C=O) groups excluding carboxylic acids is 3. The molecule has 0 aromatic heterocycles. The predicted octanol–water partition coefficient (Wildman–Crippen LogP) is 8.45. The van der Waals surface area contributed by atoms with E-state index in [1.165, 1.54) is 19.3 Å². The molecule has 0 bridgehead atoms. The fourth-order valence-corrected chi connectivity index (χ4v) is 22.9. The van der Waals surface area contributed by atoms with E-state index in [4.69, 9.17) is 14.2 Å². The van der Waals surface area contributed by atoms with Crippen LogP contribution in [0.4, 0.5) is 0 Å². The molecule has 0 saturated carbocycles. The van der Waals surface area contributed by atoms with Crippen molar-refractivity contribution in [3.05, 3.63) is 0 Å². The topological polar surface area (TPSA) is 78.9 Å². The van der Waals surface area contributed by atoms with Crippen molar-refractivity contribution in [1.82, 2.24) is 0 Å². The molecule has 0 aromatic carbocycles. The second-order valence-electron chi connectivity index (χ2n) is 11.4. The third kappa shape index (κ3) is 29.8. The number of unbranched alkanes of at least 4 members (excludes halogenated alkanes) is 6.